The zero-order chi connectivity index (χ0) is 33.7. The number of carbonyl (C=O) groups excluding carboxylic acids is 2. The maximum Gasteiger partial charge on any atom is 0.421 e. The summed E-state index contributed by atoms with van der Waals surface area (Å²) in [6.07, 6.45) is 1.27. The number of fused-ring (bicyclic) bond motifs is 1. The molecule has 10 nitrogen and oxygen atoms in total. The zero-order valence-electron chi connectivity index (χ0n) is 26.4. The van der Waals surface area contributed by atoms with Gasteiger partial charge >= 0.3 is 6.09 Å². The third-order valence-electron chi connectivity index (χ3n) is 7.91. The van der Waals surface area contributed by atoms with E-state index in [-0.39, 0.29) is 17.4 Å². The fraction of sp³-hybridized carbons (Fsp3) is 0.135. The van der Waals surface area contributed by atoms with Crippen LogP contribution < -0.4 is 10.0 Å². The van der Waals surface area contributed by atoms with Crippen LogP contribution in [0.3, 0.4) is 0 Å². The van der Waals surface area contributed by atoms with E-state index in [2.05, 4.69) is 10.3 Å². The quantitative estimate of drug-likeness (QED) is 0.164. The van der Waals surface area contributed by atoms with E-state index in [4.69, 9.17) is 9.72 Å². The highest BCUT2D eigenvalue weighted by Crippen LogP contribution is 2.29. The van der Waals surface area contributed by atoms with Gasteiger partial charge < -0.3 is 14.6 Å². The van der Waals surface area contributed by atoms with Crippen LogP contribution in [0.1, 0.15) is 39.8 Å². The molecular weight excluding hydrogens is 627 g/mol. The van der Waals surface area contributed by atoms with Gasteiger partial charge in [0.1, 0.15) is 17.9 Å². The second kappa shape index (κ2) is 13.9. The lowest BCUT2D eigenvalue weighted by atomic mass is 10.0. The van der Waals surface area contributed by atoms with E-state index in [9.17, 15) is 18.0 Å². The summed E-state index contributed by atoms with van der Waals surface area (Å²) in [6, 6.07) is 32.0. The van der Waals surface area contributed by atoms with Crippen LogP contribution >= 0.6 is 0 Å². The lowest BCUT2D eigenvalue weighted by molar-refractivity contribution is 0.102. The highest BCUT2D eigenvalue weighted by molar-refractivity contribution is 7.90. The van der Waals surface area contributed by atoms with E-state index >= 15 is 0 Å². The second-order valence-corrected chi connectivity index (χ2v) is 12.8. The lowest BCUT2D eigenvalue weighted by Crippen LogP contribution is -2.31. The monoisotopic (exact) mass is 659 g/mol. The molecule has 2 aromatic heterocycles. The van der Waals surface area contributed by atoms with Crippen molar-refractivity contribution in [3.05, 3.63) is 143 Å². The average molecular weight is 660 g/mol. The summed E-state index contributed by atoms with van der Waals surface area (Å²) >= 11 is 0. The molecule has 0 aliphatic carbocycles. The molecule has 0 atom stereocenters. The fourth-order valence-electron chi connectivity index (χ4n) is 5.40. The van der Waals surface area contributed by atoms with Gasteiger partial charge in [-0.3, -0.25) is 4.79 Å². The predicted octanol–water partition coefficient (Wildman–Crippen LogP) is 6.88. The number of sulfonamides is 1. The van der Waals surface area contributed by atoms with Crippen LogP contribution in [0.4, 0.5) is 10.5 Å². The highest BCUT2D eigenvalue weighted by Gasteiger charge is 2.23. The van der Waals surface area contributed by atoms with Crippen molar-refractivity contribution in [1.29, 1.82) is 0 Å². The Morgan fingerprint density at radius 3 is 2.21 bits per heavy atom. The number of hydrogen-bond donors (Lipinski definition) is 2. The standard InChI is InChI=1S/C37H33N5O5S/c1-3-33-40-34-25(2)31(39-36(43)29-14-8-5-9-15-29)22-38-35(34)42(33)23-26-18-20-28(21-19-26)30-16-10-11-17-32(30)48(45,46)41-37(44)47-24-27-12-6-4-7-13-27/h4-22H,3,23-24H2,1-2H3,(H,39,43)(H,41,44). The van der Waals surface area contributed by atoms with E-state index < -0.39 is 16.1 Å². The van der Waals surface area contributed by atoms with E-state index in [1.54, 1.807) is 60.8 Å². The number of nitrogens with zero attached hydrogens (tertiary/aromatic N) is 3. The third-order valence-corrected chi connectivity index (χ3v) is 9.28. The number of aromatic nitrogens is 3. The first-order valence-corrected chi connectivity index (χ1v) is 16.8. The van der Waals surface area contributed by atoms with E-state index in [1.165, 1.54) is 6.07 Å². The molecule has 6 aromatic rings. The summed E-state index contributed by atoms with van der Waals surface area (Å²) in [5, 5.41) is 2.95. The molecule has 0 aliphatic rings. The number of carbonyl (C=O) groups is 2. The van der Waals surface area contributed by atoms with Crippen molar-refractivity contribution in [2.45, 2.75) is 38.3 Å². The molecule has 6 rings (SSSR count). The molecular formula is C37H33N5O5S. The molecule has 0 radical (unpaired) electrons. The first kappa shape index (κ1) is 32.1. The molecule has 0 fully saturated rings. The Hall–Kier alpha value is -5.81. The number of anilines is 1. The largest absolute Gasteiger partial charge is 0.444 e. The molecule has 2 amide bonds. The molecule has 11 heteroatoms. The number of rotatable bonds is 10. The second-order valence-electron chi connectivity index (χ2n) is 11.1. The van der Waals surface area contributed by atoms with Crippen molar-refractivity contribution in [2.75, 3.05) is 5.32 Å². The van der Waals surface area contributed by atoms with Crippen molar-refractivity contribution in [2.24, 2.45) is 0 Å². The third kappa shape index (κ3) is 6.96. The van der Waals surface area contributed by atoms with Crippen molar-refractivity contribution < 1.29 is 22.7 Å². The van der Waals surface area contributed by atoms with E-state index in [0.29, 0.717) is 46.5 Å². The molecule has 0 saturated heterocycles. The number of benzene rings is 4. The zero-order valence-corrected chi connectivity index (χ0v) is 27.2. The minimum atomic E-state index is -4.23. The number of ether oxygens (including phenoxy) is 1. The molecule has 2 N–H and O–H groups in total. The maximum atomic E-state index is 13.3. The first-order chi connectivity index (χ1) is 23.2. The topological polar surface area (TPSA) is 132 Å². The number of imidazole rings is 1. The van der Waals surface area contributed by atoms with Gasteiger partial charge in [-0.1, -0.05) is 97.9 Å². The number of hydrogen-bond acceptors (Lipinski definition) is 7. The smallest absolute Gasteiger partial charge is 0.421 e. The summed E-state index contributed by atoms with van der Waals surface area (Å²) in [7, 11) is -4.23. The number of aryl methyl sites for hydroxylation is 2. The summed E-state index contributed by atoms with van der Waals surface area (Å²) in [5.41, 5.74) is 6.19. The van der Waals surface area contributed by atoms with Gasteiger partial charge in [0.2, 0.25) is 0 Å². The molecule has 48 heavy (non-hydrogen) atoms. The van der Waals surface area contributed by atoms with Crippen LogP contribution in [0, 0.1) is 6.92 Å². The number of pyridine rings is 1. The van der Waals surface area contributed by atoms with Crippen LogP contribution in [0.15, 0.2) is 120 Å². The van der Waals surface area contributed by atoms with Crippen LogP contribution in [0.2, 0.25) is 0 Å². The van der Waals surface area contributed by atoms with Gasteiger partial charge in [-0.15, -0.1) is 0 Å². The number of nitrogens with one attached hydrogen (secondary N) is 2. The Balaban J connectivity index is 1.20. The van der Waals surface area contributed by atoms with Gasteiger partial charge in [-0.25, -0.2) is 27.9 Å². The van der Waals surface area contributed by atoms with Gasteiger partial charge in [0.25, 0.3) is 15.9 Å². The number of amides is 2. The highest BCUT2D eigenvalue weighted by atomic mass is 32.2. The maximum absolute atomic E-state index is 13.3. The van der Waals surface area contributed by atoms with Crippen LogP contribution in [-0.2, 0) is 34.3 Å². The van der Waals surface area contributed by atoms with Gasteiger partial charge in [0.05, 0.1) is 23.3 Å². The van der Waals surface area contributed by atoms with Crippen molar-refractivity contribution in [3.63, 3.8) is 0 Å². The molecule has 2 heterocycles. The van der Waals surface area contributed by atoms with Gasteiger partial charge in [0.15, 0.2) is 5.65 Å². The predicted molar refractivity (Wildman–Crippen MR) is 184 cm³/mol. The summed E-state index contributed by atoms with van der Waals surface area (Å²) in [5.74, 6) is 0.626. The van der Waals surface area contributed by atoms with Crippen LogP contribution in [-0.4, -0.2) is 35.0 Å². The van der Waals surface area contributed by atoms with E-state index in [1.807, 2.05) is 71.7 Å². The Kier molecular flexibility index (Phi) is 9.31. The summed E-state index contributed by atoms with van der Waals surface area (Å²) in [4.78, 5) is 34.7. The molecule has 0 unspecified atom stereocenters. The van der Waals surface area contributed by atoms with Crippen LogP contribution in [0.25, 0.3) is 22.3 Å². The SMILES string of the molecule is CCc1nc2c(C)c(NC(=O)c3ccccc3)cnc2n1Cc1ccc(-c2ccccc2S(=O)(=O)NC(=O)OCc2ccccc2)cc1. The molecule has 0 spiro atoms. The van der Waals surface area contributed by atoms with Crippen molar-refractivity contribution in [3.8, 4) is 11.1 Å². The van der Waals surface area contributed by atoms with Gasteiger partial charge in [0, 0.05) is 23.1 Å². The van der Waals surface area contributed by atoms with Crippen molar-refractivity contribution in [1.82, 2.24) is 19.3 Å². The summed E-state index contributed by atoms with van der Waals surface area (Å²) in [6.45, 7) is 4.37. The van der Waals surface area contributed by atoms with Crippen molar-refractivity contribution >= 4 is 38.9 Å². The van der Waals surface area contributed by atoms with E-state index in [0.717, 1.165) is 22.5 Å². The Morgan fingerprint density at radius 2 is 1.50 bits per heavy atom. The Bertz CT molecular complexity index is 2200. The lowest BCUT2D eigenvalue weighted by Gasteiger charge is -2.13. The van der Waals surface area contributed by atoms with Gasteiger partial charge in [-0.2, -0.15) is 0 Å². The Labute approximate surface area is 278 Å². The van der Waals surface area contributed by atoms with Crippen LogP contribution in [0.5, 0.6) is 0 Å². The minimum Gasteiger partial charge on any atom is -0.444 e. The minimum absolute atomic E-state index is 0.0434. The average Bonchev–Trinajstić information content (AvgIpc) is 3.47. The van der Waals surface area contributed by atoms with Gasteiger partial charge in [-0.05, 0) is 41.8 Å². The Morgan fingerprint density at radius 1 is 0.833 bits per heavy atom. The molecule has 0 aliphatic heterocycles. The summed E-state index contributed by atoms with van der Waals surface area (Å²) < 4.78 is 35.7. The first-order valence-electron chi connectivity index (χ1n) is 15.4. The molecule has 242 valence electrons. The molecule has 0 bridgehead atoms. The molecule has 0 saturated carbocycles. The fourth-order valence-corrected chi connectivity index (χ4v) is 6.52. The normalized spacial score (nSPS) is 11.3. The molecule has 4 aromatic carbocycles.